The lowest BCUT2D eigenvalue weighted by Crippen LogP contribution is -2.26. The van der Waals surface area contributed by atoms with Gasteiger partial charge in [-0.15, -0.1) is 0 Å². The maximum absolute atomic E-state index is 12.8. The van der Waals surface area contributed by atoms with Gasteiger partial charge in [-0.1, -0.05) is 55.4 Å². The molecule has 0 aromatic carbocycles. The van der Waals surface area contributed by atoms with Crippen molar-refractivity contribution in [2.24, 2.45) is 38.2 Å². The van der Waals surface area contributed by atoms with E-state index >= 15 is 0 Å². The summed E-state index contributed by atoms with van der Waals surface area (Å²) in [5, 5.41) is 0. The molecule has 6 atom stereocenters. The number of hydrogen-bond acceptors (Lipinski definition) is 11. The number of nitrogens with two attached hydrogens (primary N) is 3. The van der Waals surface area contributed by atoms with Gasteiger partial charge in [-0.25, -0.2) is 30.2 Å². The Balaban J connectivity index is 4.47. The summed E-state index contributed by atoms with van der Waals surface area (Å²) in [6, 6.07) is 0. The summed E-state index contributed by atoms with van der Waals surface area (Å²) in [6.45, 7) is 14.5. The van der Waals surface area contributed by atoms with Gasteiger partial charge < -0.3 is 9.79 Å². The third-order valence-electron chi connectivity index (χ3n) is 7.65. The van der Waals surface area contributed by atoms with E-state index in [-0.39, 0.29) is 49.4 Å². The van der Waals surface area contributed by atoms with Gasteiger partial charge in [-0.05, 0) is 47.3 Å². The first-order valence-corrected chi connectivity index (χ1v) is 27.3. The molecule has 23 heteroatoms. The Hall–Kier alpha value is 0.930. The summed E-state index contributed by atoms with van der Waals surface area (Å²) in [6.07, 6.45) is 1.86. The van der Waals surface area contributed by atoms with Crippen LogP contribution in [0.4, 0.5) is 0 Å². The molecule has 0 saturated carbocycles. The van der Waals surface area contributed by atoms with Gasteiger partial charge in [0, 0.05) is 89.2 Å². The Morgan fingerprint density at radius 1 is 0.431 bits per heavy atom. The first-order valence-electron chi connectivity index (χ1n) is 16.4. The van der Waals surface area contributed by atoms with Crippen molar-refractivity contribution in [2.45, 2.75) is 81.1 Å². The first-order chi connectivity index (χ1) is 22.8. The molecule has 0 radical (unpaired) electrons. The van der Waals surface area contributed by atoms with Gasteiger partial charge in [0.05, 0.1) is 26.4 Å². The molecule has 0 aliphatic carbocycles. The Kier molecular flexibility index (Phi) is 23.0. The monoisotopic (exact) mass is 871 g/mol. The highest BCUT2D eigenvalue weighted by Crippen LogP contribution is 2.43. The van der Waals surface area contributed by atoms with Crippen molar-refractivity contribution in [2.75, 3.05) is 72.5 Å². The molecule has 6 unspecified atom stereocenters. The minimum absolute atomic E-state index is 0.00825. The molecule has 0 aliphatic rings. The smallest absolute Gasteiger partial charge is 0.313 e. The SMILES string of the molecule is CC(C)(CCS(=O)CCS(=O)CCC(C)(C)COP(N)(=O)OCC(C)(C)CCS(=O)CCS(=O)CCC(C)(C)COP(N)(=O)O)COP(N)(=O)O. The number of hydrogen-bond donors (Lipinski definition) is 5. The molecule has 308 valence electrons. The molecular formula is C28H64N3O13P3S4. The molecule has 0 aromatic rings. The van der Waals surface area contributed by atoms with Crippen molar-refractivity contribution in [3.8, 4) is 0 Å². The van der Waals surface area contributed by atoms with Crippen LogP contribution in [-0.2, 0) is 75.0 Å². The van der Waals surface area contributed by atoms with Gasteiger partial charge in [-0.2, -0.15) is 0 Å². The van der Waals surface area contributed by atoms with Gasteiger partial charge in [0.15, 0.2) is 0 Å². The van der Waals surface area contributed by atoms with Crippen LogP contribution < -0.4 is 16.5 Å². The standard InChI is InChI=1S/C28H64N3O13P3S4/c1-25(2,21-41-45(29,32)33)9-13-48(37)17-19-50(39)15-11-27(5,6)23-43-47(31,36)44-24-28(7,8)12-16-51(40)20-18-49(38)14-10-26(3,4)22-42-46(30,34)35/h9-24H2,1-8H3,(H2,31,36)(H3,29,32,33)(H3,30,34,35). The van der Waals surface area contributed by atoms with E-state index < -0.39 is 88.1 Å². The molecule has 0 saturated heterocycles. The zero-order valence-corrected chi connectivity index (χ0v) is 37.4. The molecule has 0 aliphatic heterocycles. The second-order valence-electron chi connectivity index (χ2n) is 15.8. The van der Waals surface area contributed by atoms with Crippen LogP contribution in [0.1, 0.15) is 81.1 Å². The predicted molar refractivity (Wildman–Crippen MR) is 209 cm³/mol. The van der Waals surface area contributed by atoms with Gasteiger partial charge >= 0.3 is 23.2 Å². The minimum atomic E-state index is -4.09. The van der Waals surface area contributed by atoms with E-state index in [1.807, 2.05) is 55.4 Å². The van der Waals surface area contributed by atoms with Crippen LogP contribution in [0.25, 0.3) is 0 Å². The molecule has 8 N–H and O–H groups in total. The van der Waals surface area contributed by atoms with Crippen molar-refractivity contribution in [3.63, 3.8) is 0 Å². The average molecular weight is 872 g/mol. The minimum Gasteiger partial charge on any atom is -0.313 e. The maximum atomic E-state index is 12.8. The van der Waals surface area contributed by atoms with Crippen LogP contribution >= 0.6 is 23.2 Å². The van der Waals surface area contributed by atoms with Crippen molar-refractivity contribution in [1.82, 2.24) is 0 Å². The third kappa shape index (κ3) is 30.8. The Bertz CT molecular complexity index is 1230. The Morgan fingerprint density at radius 3 is 0.824 bits per heavy atom. The summed E-state index contributed by atoms with van der Waals surface area (Å²) in [7, 11) is -17.0. The molecule has 0 rings (SSSR count). The molecule has 0 bridgehead atoms. The van der Waals surface area contributed by atoms with Crippen molar-refractivity contribution in [3.05, 3.63) is 0 Å². The Labute approximate surface area is 315 Å². The summed E-state index contributed by atoms with van der Waals surface area (Å²) in [4.78, 5) is 18.2. The zero-order chi connectivity index (χ0) is 40.0. The van der Waals surface area contributed by atoms with Crippen molar-refractivity contribution >= 4 is 66.4 Å². The van der Waals surface area contributed by atoms with Gasteiger partial charge in [0.2, 0.25) is 0 Å². The maximum Gasteiger partial charge on any atom is 0.402 e. The van der Waals surface area contributed by atoms with E-state index in [0.717, 1.165) is 0 Å². The highest BCUT2D eigenvalue weighted by Gasteiger charge is 2.30. The van der Waals surface area contributed by atoms with Crippen LogP contribution in [0.15, 0.2) is 0 Å². The fourth-order valence-electron chi connectivity index (χ4n) is 3.73. The van der Waals surface area contributed by atoms with Crippen LogP contribution in [0.2, 0.25) is 0 Å². The van der Waals surface area contributed by atoms with Gasteiger partial charge in [0.25, 0.3) is 0 Å². The fourth-order valence-corrected chi connectivity index (χ4v) is 12.8. The Morgan fingerprint density at radius 2 is 0.627 bits per heavy atom. The van der Waals surface area contributed by atoms with Crippen LogP contribution in [0, 0.1) is 21.7 Å². The molecular weight excluding hydrogens is 808 g/mol. The lowest BCUT2D eigenvalue weighted by Gasteiger charge is -2.28. The molecule has 16 nitrogen and oxygen atoms in total. The molecule has 0 heterocycles. The van der Waals surface area contributed by atoms with Gasteiger partial charge in [-0.3, -0.25) is 34.9 Å². The van der Waals surface area contributed by atoms with E-state index in [4.69, 9.17) is 44.4 Å². The molecule has 0 fully saturated rings. The fraction of sp³-hybridized carbons (Fsp3) is 1.00. The zero-order valence-electron chi connectivity index (χ0n) is 31.4. The molecule has 0 amide bonds. The van der Waals surface area contributed by atoms with Crippen LogP contribution in [-0.4, -0.2) is 99.1 Å². The van der Waals surface area contributed by atoms with Crippen LogP contribution in [0.5, 0.6) is 0 Å². The highest BCUT2D eigenvalue weighted by molar-refractivity contribution is 7.89. The summed E-state index contributed by atoms with van der Waals surface area (Å²) >= 11 is 0. The largest absolute Gasteiger partial charge is 0.402 e. The van der Waals surface area contributed by atoms with Crippen LogP contribution in [0.3, 0.4) is 0 Å². The second-order valence-corrected chi connectivity index (χ2v) is 27.0. The van der Waals surface area contributed by atoms with Crippen molar-refractivity contribution < 1.29 is 58.4 Å². The third-order valence-corrected chi connectivity index (χ3v) is 15.4. The lowest BCUT2D eigenvalue weighted by atomic mass is 9.92. The van der Waals surface area contributed by atoms with E-state index in [2.05, 4.69) is 0 Å². The molecule has 51 heavy (non-hydrogen) atoms. The van der Waals surface area contributed by atoms with Crippen molar-refractivity contribution in [1.29, 1.82) is 0 Å². The molecule has 0 aromatic heterocycles. The van der Waals surface area contributed by atoms with E-state index in [1.54, 1.807) is 0 Å². The summed E-state index contributed by atoms with van der Waals surface area (Å²) in [5.74, 6) is 2.26. The summed E-state index contributed by atoms with van der Waals surface area (Å²) < 4.78 is 106. The normalized spacial score (nSPS) is 19.4. The van der Waals surface area contributed by atoms with E-state index in [0.29, 0.717) is 48.7 Å². The lowest BCUT2D eigenvalue weighted by molar-refractivity contribution is 0.109. The predicted octanol–water partition coefficient (Wildman–Crippen LogP) is 3.90. The topological polar surface area (TPSA) is 275 Å². The quantitative estimate of drug-likeness (QED) is 0.0640. The second kappa shape index (κ2) is 22.6. The van der Waals surface area contributed by atoms with E-state index in [9.17, 15) is 30.5 Å². The first kappa shape index (κ1) is 51.9. The van der Waals surface area contributed by atoms with E-state index in [1.165, 1.54) is 0 Å². The van der Waals surface area contributed by atoms with Gasteiger partial charge in [0.1, 0.15) is 0 Å². The number of rotatable bonds is 30. The highest BCUT2D eigenvalue weighted by atomic mass is 32.2. The summed E-state index contributed by atoms with van der Waals surface area (Å²) in [5.41, 5.74) is 13.8. The molecule has 0 spiro atoms. The average Bonchev–Trinajstić information content (AvgIpc) is 2.98.